The van der Waals surface area contributed by atoms with Gasteiger partial charge >= 0.3 is 0 Å². The third-order valence-electron chi connectivity index (χ3n) is 6.79. The number of carbonyl (C=O) groups excluding carboxylic acids is 1. The van der Waals surface area contributed by atoms with Gasteiger partial charge in [-0.25, -0.2) is 0 Å². The molecule has 1 atom stereocenters. The van der Waals surface area contributed by atoms with E-state index in [-0.39, 0.29) is 11.3 Å². The van der Waals surface area contributed by atoms with Gasteiger partial charge in [0, 0.05) is 24.4 Å². The zero-order chi connectivity index (χ0) is 22.7. The standard InChI is InChI=1S/C26H39NO2S/c1-9-25(6,29)15-14-20-12-13-21(16-18(20)4)26(10-2,11-3)22-17-19(5)23(30-22)24(28)27(7)8/h12-13,16-17,29H,9-11,14-15H2,1-8H3. The summed E-state index contributed by atoms with van der Waals surface area (Å²) >= 11 is 1.65. The Morgan fingerprint density at radius 1 is 1.03 bits per heavy atom. The van der Waals surface area contributed by atoms with Crippen LogP contribution < -0.4 is 0 Å². The molecule has 1 N–H and O–H groups in total. The molecule has 1 unspecified atom stereocenters. The van der Waals surface area contributed by atoms with Crippen molar-refractivity contribution in [2.24, 2.45) is 0 Å². The van der Waals surface area contributed by atoms with E-state index in [2.05, 4.69) is 45.0 Å². The third-order valence-corrected chi connectivity index (χ3v) is 8.22. The van der Waals surface area contributed by atoms with Gasteiger partial charge in [-0.3, -0.25) is 4.79 Å². The summed E-state index contributed by atoms with van der Waals surface area (Å²) in [6, 6.07) is 9.04. The lowest BCUT2D eigenvalue weighted by Crippen LogP contribution is -2.25. The monoisotopic (exact) mass is 429 g/mol. The summed E-state index contributed by atoms with van der Waals surface area (Å²) in [7, 11) is 3.62. The van der Waals surface area contributed by atoms with Crippen molar-refractivity contribution in [3.63, 3.8) is 0 Å². The van der Waals surface area contributed by atoms with Gasteiger partial charge in [-0.05, 0) is 81.2 Å². The molecular weight excluding hydrogens is 390 g/mol. The number of benzene rings is 1. The minimum absolute atomic E-state index is 0.0827. The van der Waals surface area contributed by atoms with Crippen LogP contribution in [0.2, 0.25) is 0 Å². The van der Waals surface area contributed by atoms with E-state index in [9.17, 15) is 9.90 Å². The SMILES string of the molecule is CCC(C)(O)CCc1ccc(C(CC)(CC)c2cc(C)c(C(=O)N(C)C)s2)cc1C. The van der Waals surface area contributed by atoms with Crippen molar-refractivity contribution in [1.29, 1.82) is 0 Å². The molecule has 166 valence electrons. The smallest absolute Gasteiger partial charge is 0.263 e. The highest BCUT2D eigenvalue weighted by atomic mass is 32.1. The van der Waals surface area contributed by atoms with E-state index < -0.39 is 5.60 Å². The van der Waals surface area contributed by atoms with Crippen molar-refractivity contribution in [3.8, 4) is 0 Å². The zero-order valence-electron chi connectivity index (χ0n) is 20.1. The van der Waals surface area contributed by atoms with Gasteiger partial charge in [0.2, 0.25) is 0 Å². The largest absolute Gasteiger partial charge is 0.390 e. The summed E-state index contributed by atoms with van der Waals surface area (Å²) in [5.41, 5.74) is 4.28. The number of aliphatic hydroxyl groups is 1. The average molecular weight is 430 g/mol. The number of thiophene rings is 1. The minimum atomic E-state index is -0.606. The summed E-state index contributed by atoms with van der Waals surface area (Å²) in [5.74, 6) is 0.0827. The number of nitrogens with zero attached hydrogens (tertiary/aromatic N) is 1. The highest BCUT2D eigenvalue weighted by molar-refractivity contribution is 7.14. The lowest BCUT2D eigenvalue weighted by molar-refractivity contribution is 0.0473. The first-order chi connectivity index (χ1) is 14.0. The van der Waals surface area contributed by atoms with Gasteiger partial charge in [0.05, 0.1) is 10.5 Å². The van der Waals surface area contributed by atoms with E-state index in [4.69, 9.17) is 0 Å². The van der Waals surface area contributed by atoms with E-state index in [1.165, 1.54) is 21.6 Å². The topological polar surface area (TPSA) is 40.5 Å². The van der Waals surface area contributed by atoms with E-state index in [1.54, 1.807) is 16.2 Å². The Hall–Kier alpha value is -1.65. The number of amides is 1. The number of hydrogen-bond acceptors (Lipinski definition) is 3. The molecule has 0 bridgehead atoms. The van der Waals surface area contributed by atoms with Crippen LogP contribution in [0.3, 0.4) is 0 Å². The van der Waals surface area contributed by atoms with E-state index in [0.29, 0.717) is 0 Å². The van der Waals surface area contributed by atoms with Crippen LogP contribution in [0.25, 0.3) is 0 Å². The van der Waals surface area contributed by atoms with Crippen molar-refractivity contribution in [2.45, 2.75) is 84.7 Å². The molecule has 0 aliphatic heterocycles. The Morgan fingerprint density at radius 3 is 2.17 bits per heavy atom. The van der Waals surface area contributed by atoms with E-state index in [0.717, 1.165) is 42.5 Å². The maximum absolute atomic E-state index is 12.6. The molecule has 0 saturated heterocycles. The van der Waals surface area contributed by atoms with Crippen LogP contribution in [0.5, 0.6) is 0 Å². The summed E-state index contributed by atoms with van der Waals surface area (Å²) < 4.78 is 0. The van der Waals surface area contributed by atoms with Crippen LogP contribution in [0.1, 0.15) is 90.2 Å². The lowest BCUT2D eigenvalue weighted by Gasteiger charge is -2.32. The first kappa shape index (κ1) is 24.6. The molecule has 0 fully saturated rings. The third kappa shape index (κ3) is 4.97. The molecule has 2 aromatic rings. The lowest BCUT2D eigenvalue weighted by atomic mass is 9.73. The highest BCUT2D eigenvalue weighted by Gasteiger charge is 2.34. The summed E-state index contributed by atoms with van der Waals surface area (Å²) in [6.45, 7) is 12.7. The minimum Gasteiger partial charge on any atom is -0.390 e. The number of hydrogen-bond donors (Lipinski definition) is 1. The van der Waals surface area contributed by atoms with Crippen molar-refractivity contribution in [1.82, 2.24) is 4.90 Å². The second kappa shape index (κ2) is 9.65. The summed E-state index contributed by atoms with van der Waals surface area (Å²) in [5, 5.41) is 10.4. The Bertz CT molecular complexity index is 875. The first-order valence-electron chi connectivity index (χ1n) is 11.2. The summed E-state index contributed by atoms with van der Waals surface area (Å²) in [4.78, 5) is 16.4. The molecule has 1 aromatic heterocycles. The number of carbonyl (C=O) groups is 1. The molecule has 1 amide bonds. The Kier molecular flexibility index (Phi) is 7.92. The molecule has 2 rings (SSSR count). The second-order valence-electron chi connectivity index (χ2n) is 9.10. The predicted molar refractivity (Wildman–Crippen MR) is 129 cm³/mol. The molecule has 30 heavy (non-hydrogen) atoms. The molecule has 0 radical (unpaired) electrons. The van der Waals surface area contributed by atoms with Crippen LogP contribution in [0, 0.1) is 13.8 Å². The Labute approximate surface area is 187 Å². The zero-order valence-corrected chi connectivity index (χ0v) is 20.9. The van der Waals surface area contributed by atoms with Crippen LogP contribution in [-0.2, 0) is 11.8 Å². The van der Waals surface area contributed by atoms with Crippen LogP contribution in [0.15, 0.2) is 24.3 Å². The van der Waals surface area contributed by atoms with Gasteiger partial charge in [-0.2, -0.15) is 0 Å². The average Bonchev–Trinajstić information content (AvgIpc) is 3.10. The van der Waals surface area contributed by atoms with Gasteiger partial charge < -0.3 is 10.0 Å². The van der Waals surface area contributed by atoms with Crippen molar-refractivity contribution >= 4 is 17.2 Å². The molecule has 0 aliphatic rings. The van der Waals surface area contributed by atoms with Gasteiger partial charge in [0.15, 0.2) is 0 Å². The molecule has 3 nitrogen and oxygen atoms in total. The Balaban J connectivity index is 2.44. The Morgan fingerprint density at radius 2 is 1.67 bits per heavy atom. The normalized spacial score (nSPS) is 13.9. The van der Waals surface area contributed by atoms with E-state index in [1.807, 2.05) is 34.9 Å². The quantitative estimate of drug-likeness (QED) is 0.510. The van der Waals surface area contributed by atoms with Gasteiger partial charge in [-0.15, -0.1) is 11.3 Å². The van der Waals surface area contributed by atoms with Gasteiger partial charge in [-0.1, -0.05) is 39.0 Å². The fourth-order valence-electron chi connectivity index (χ4n) is 4.14. The van der Waals surface area contributed by atoms with Crippen molar-refractivity contribution in [2.75, 3.05) is 14.1 Å². The predicted octanol–water partition coefficient (Wildman–Crippen LogP) is 6.27. The maximum Gasteiger partial charge on any atom is 0.263 e. The number of rotatable bonds is 9. The van der Waals surface area contributed by atoms with Gasteiger partial charge in [0.25, 0.3) is 5.91 Å². The van der Waals surface area contributed by atoms with Gasteiger partial charge in [0.1, 0.15) is 0 Å². The van der Waals surface area contributed by atoms with Crippen LogP contribution >= 0.6 is 11.3 Å². The first-order valence-corrected chi connectivity index (χ1v) is 12.0. The van der Waals surface area contributed by atoms with E-state index >= 15 is 0 Å². The van der Waals surface area contributed by atoms with Crippen LogP contribution in [0.4, 0.5) is 0 Å². The number of aryl methyl sites for hydroxylation is 3. The molecule has 1 aromatic carbocycles. The van der Waals surface area contributed by atoms with Crippen molar-refractivity contribution in [3.05, 3.63) is 56.3 Å². The molecule has 4 heteroatoms. The maximum atomic E-state index is 12.6. The second-order valence-corrected chi connectivity index (χ2v) is 10.2. The molecule has 1 heterocycles. The molecule has 0 aliphatic carbocycles. The molecule has 0 saturated carbocycles. The fraction of sp³-hybridized carbons (Fsp3) is 0.577. The molecule has 0 spiro atoms. The molecular formula is C26H39NO2S. The summed E-state index contributed by atoms with van der Waals surface area (Å²) in [6.07, 6.45) is 4.41. The van der Waals surface area contributed by atoms with Crippen molar-refractivity contribution < 1.29 is 9.90 Å². The fourth-order valence-corrected chi connectivity index (χ4v) is 5.68. The van der Waals surface area contributed by atoms with Crippen LogP contribution in [-0.4, -0.2) is 35.6 Å². The highest BCUT2D eigenvalue weighted by Crippen LogP contribution is 2.44.